The van der Waals surface area contributed by atoms with Crippen LogP contribution in [-0.2, 0) is 14.2 Å². The average Bonchev–Trinajstić information content (AvgIpc) is 2.39. The molecule has 5 heteroatoms. The van der Waals surface area contributed by atoms with Crippen LogP contribution in [0.25, 0.3) is 0 Å². The molecule has 0 bridgehead atoms. The molecule has 4 nitrogen and oxygen atoms in total. The van der Waals surface area contributed by atoms with Gasteiger partial charge in [0.15, 0.2) is 0 Å². The lowest BCUT2D eigenvalue weighted by Crippen LogP contribution is -2.49. The zero-order valence-corrected chi connectivity index (χ0v) is 12.4. The highest BCUT2D eigenvalue weighted by Gasteiger charge is 2.41. The van der Waals surface area contributed by atoms with Crippen LogP contribution in [0.2, 0.25) is 5.02 Å². The summed E-state index contributed by atoms with van der Waals surface area (Å²) in [7, 11) is 0. The van der Waals surface area contributed by atoms with Gasteiger partial charge in [-0.1, -0.05) is 23.7 Å². The Hall–Kier alpha value is -0.650. The molecule has 0 heterocycles. The first-order valence-electron chi connectivity index (χ1n) is 6.52. The van der Waals surface area contributed by atoms with E-state index in [1.807, 2.05) is 32.9 Å². The summed E-state index contributed by atoms with van der Waals surface area (Å²) in [6.45, 7) is 6.97. The predicted molar refractivity (Wildman–Crippen MR) is 76.0 cm³/mol. The summed E-state index contributed by atoms with van der Waals surface area (Å²) in [5.41, 5.74) is 7.11. The van der Waals surface area contributed by atoms with Crippen molar-refractivity contribution < 1.29 is 14.2 Å². The Morgan fingerprint density at radius 1 is 1.00 bits per heavy atom. The van der Waals surface area contributed by atoms with Crippen LogP contribution in [0, 0.1) is 0 Å². The summed E-state index contributed by atoms with van der Waals surface area (Å²) < 4.78 is 17.0. The van der Waals surface area contributed by atoms with Gasteiger partial charge in [-0.25, -0.2) is 0 Å². The summed E-state index contributed by atoms with van der Waals surface area (Å²) in [5.74, 6) is -1.26. The third-order valence-electron chi connectivity index (χ3n) is 2.65. The topological polar surface area (TPSA) is 53.7 Å². The van der Waals surface area contributed by atoms with E-state index < -0.39 is 12.0 Å². The van der Waals surface area contributed by atoms with Crippen LogP contribution in [-0.4, -0.2) is 25.8 Å². The monoisotopic (exact) mass is 287 g/mol. The molecule has 0 saturated carbocycles. The third kappa shape index (κ3) is 4.16. The Balaban J connectivity index is 3.03. The summed E-state index contributed by atoms with van der Waals surface area (Å²) in [6.07, 6.45) is 0. The molecule has 0 radical (unpaired) electrons. The maximum atomic E-state index is 6.26. The number of hydrogen-bond acceptors (Lipinski definition) is 4. The maximum absolute atomic E-state index is 6.26. The molecule has 2 N–H and O–H groups in total. The molecule has 1 aromatic carbocycles. The van der Waals surface area contributed by atoms with Gasteiger partial charge in [0.05, 0.1) is 0 Å². The van der Waals surface area contributed by atoms with Crippen molar-refractivity contribution in [2.24, 2.45) is 5.73 Å². The van der Waals surface area contributed by atoms with Crippen LogP contribution >= 0.6 is 11.6 Å². The zero-order valence-electron chi connectivity index (χ0n) is 11.7. The number of ether oxygens (including phenoxy) is 3. The quantitative estimate of drug-likeness (QED) is 0.747. The second kappa shape index (κ2) is 7.82. The number of nitrogens with two attached hydrogens (primary N) is 1. The van der Waals surface area contributed by atoms with E-state index >= 15 is 0 Å². The lowest BCUT2D eigenvalue weighted by Gasteiger charge is -2.37. The van der Waals surface area contributed by atoms with Gasteiger partial charge in [0.1, 0.15) is 6.04 Å². The molecule has 1 unspecified atom stereocenters. The van der Waals surface area contributed by atoms with Crippen molar-refractivity contribution >= 4 is 11.6 Å². The van der Waals surface area contributed by atoms with E-state index in [0.29, 0.717) is 24.8 Å². The standard InChI is InChI=1S/C14H22ClNO3/c1-4-17-14(18-5-2,19-6-3)13(16)11-7-9-12(15)10-8-11/h7-10,13H,4-6,16H2,1-3H3. The maximum Gasteiger partial charge on any atom is 0.303 e. The van der Waals surface area contributed by atoms with Crippen molar-refractivity contribution in [3.8, 4) is 0 Å². The molecular weight excluding hydrogens is 266 g/mol. The second-order valence-corrected chi connectivity index (χ2v) is 4.37. The molecule has 0 fully saturated rings. The highest BCUT2D eigenvalue weighted by Crippen LogP contribution is 2.31. The van der Waals surface area contributed by atoms with E-state index in [1.165, 1.54) is 0 Å². The fourth-order valence-corrected chi connectivity index (χ4v) is 2.00. The molecule has 0 saturated heterocycles. The molecular formula is C14H22ClNO3. The van der Waals surface area contributed by atoms with Crippen LogP contribution in [0.4, 0.5) is 0 Å². The normalized spacial score (nSPS) is 13.5. The summed E-state index contributed by atoms with van der Waals surface area (Å²) in [6, 6.07) is 6.71. The lowest BCUT2D eigenvalue weighted by molar-refractivity contribution is -0.388. The predicted octanol–water partition coefficient (Wildman–Crippen LogP) is 3.10. The molecule has 0 aliphatic rings. The summed E-state index contributed by atoms with van der Waals surface area (Å²) >= 11 is 5.88. The van der Waals surface area contributed by atoms with E-state index in [-0.39, 0.29) is 0 Å². The molecule has 0 aliphatic heterocycles. The molecule has 1 aromatic rings. The van der Waals surface area contributed by atoms with Gasteiger partial charge < -0.3 is 19.9 Å². The number of benzene rings is 1. The van der Waals surface area contributed by atoms with E-state index in [4.69, 9.17) is 31.5 Å². The molecule has 0 amide bonds. The van der Waals surface area contributed by atoms with E-state index in [2.05, 4.69) is 0 Å². The highest BCUT2D eigenvalue weighted by molar-refractivity contribution is 6.30. The van der Waals surface area contributed by atoms with Gasteiger partial charge in [-0.3, -0.25) is 0 Å². The third-order valence-corrected chi connectivity index (χ3v) is 2.90. The van der Waals surface area contributed by atoms with Gasteiger partial charge in [0.25, 0.3) is 0 Å². The van der Waals surface area contributed by atoms with Crippen LogP contribution in [0.1, 0.15) is 32.4 Å². The first-order valence-corrected chi connectivity index (χ1v) is 6.90. The van der Waals surface area contributed by atoms with Crippen molar-refractivity contribution in [1.29, 1.82) is 0 Å². The second-order valence-electron chi connectivity index (χ2n) is 3.93. The van der Waals surface area contributed by atoms with Gasteiger partial charge in [0.2, 0.25) is 0 Å². The van der Waals surface area contributed by atoms with Gasteiger partial charge in [0, 0.05) is 24.8 Å². The molecule has 0 aliphatic carbocycles. The van der Waals surface area contributed by atoms with Crippen molar-refractivity contribution in [1.82, 2.24) is 0 Å². The molecule has 0 spiro atoms. The Labute approximate surface area is 119 Å². The lowest BCUT2D eigenvalue weighted by atomic mass is 10.1. The number of rotatable bonds is 8. The average molecular weight is 288 g/mol. The van der Waals surface area contributed by atoms with Crippen LogP contribution in [0.15, 0.2) is 24.3 Å². The number of halogens is 1. The summed E-state index contributed by atoms with van der Waals surface area (Å²) in [5, 5.41) is 0.658. The first kappa shape index (κ1) is 16.4. The first-order chi connectivity index (χ1) is 9.09. The van der Waals surface area contributed by atoms with Gasteiger partial charge in [-0.05, 0) is 38.5 Å². The van der Waals surface area contributed by atoms with Crippen LogP contribution < -0.4 is 5.73 Å². The zero-order chi connectivity index (χ0) is 14.3. The van der Waals surface area contributed by atoms with Crippen molar-refractivity contribution in [3.63, 3.8) is 0 Å². The van der Waals surface area contributed by atoms with Crippen molar-refractivity contribution in [2.75, 3.05) is 19.8 Å². The highest BCUT2D eigenvalue weighted by atomic mass is 35.5. The van der Waals surface area contributed by atoms with Gasteiger partial charge >= 0.3 is 5.97 Å². The Bertz CT molecular complexity index is 352. The molecule has 0 aromatic heterocycles. The Kier molecular flexibility index (Phi) is 6.75. The molecule has 1 atom stereocenters. The SMILES string of the molecule is CCOC(OCC)(OCC)C(N)c1ccc(Cl)cc1. The summed E-state index contributed by atoms with van der Waals surface area (Å²) in [4.78, 5) is 0. The van der Waals surface area contributed by atoms with Crippen molar-refractivity contribution in [2.45, 2.75) is 32.8 Å². The van der Waals surface area contributed by atoms with Crippen LogP contribution in [0.5, 0.6) is 0 Å². The fourth-order valence-electron chi connectivity index (χ4n) is 1.87. The molecule has 1 rings (SSSR count). The van der Waals surface area contributed by atoms with Crippen LogP contribution in [0.3, 0.4) is 0 Å². The molecule has 19 heavy (non-hydrogen) atoms. The minimum Gasteiger partial charge on any atom is -0.326 e. The Morgan fingerprint density at radius 3 is 1.79 bits per heavy atom. The van der Waals surface area contributed by atoms with E-state index in [9.17, 15) is 0 Å². The van der Waals surface area contributed by atoms with Crippen molar-refractivity contribution in [3.05, 3.63) is 34.9 Å². The fraction of sp³-hybridized carbons (Fsp3) is 0.571. The minimum absolute atomic E-state index is 0.446. The van der Waals surface area contributed by atoms with E-state index in [0.717, 1.165) is 5.56 Å². The minimum atomic E-state index is -1.26. The smallest absolute Gasteiger partial charge is 0.303 e. The number of hydrogen-bond donors (Lipinski definition) is 1. The molecule has 108 valence electrons. The Morgan fingerprint density at radius 2 is 1.42 bits per heavy atom. The van der Waals surface area contributed by atoms with Gasteiger partial charge in [-0.2, -0.15) is 0 Å². The largest absolute Gasteiger partial charge is 0.326 e. The van der Waals surface area contributed by atoms with Gasteiger partial charge in [-0.15, -0.1) is 0 Å². The van der Waals surface area contributed by atoms with E-state index in [1.54, 1.807) is 12.1 Å².